The van der Waals surface area contributed by atoms with Crippen LogP contribution < -0.4 is 0 Å². The second-order valence-corrected chi connectivity index (χ2v) is 4.11. The summed E-state index contributed by atoms with van der Waals surface area (Å²) < 4.78 is 0. The van der Waals surface area contributed by atoms with Gasteiger partial charge in [0.2, 0.25) is 0 Å². The quantitative estimate of drug-likeness (QED) is 0.416. The second kappa shape index (κ2) is 9.36. The monoisotopic (exact) mass is 230 g/mol. The predicted molar refractivity (Wildman–Crippen MR) is 62.2 cm³/mol. The predicted octanol–water partition coefficient (Wildman–Crippen LogP) is 1.71. The topological polar surface area (TPSA) is 77.8 Å². The van der Waals surface area contributed by atoms with E-state index < -0.39 is 12.1 Å². The first-order chi connectivity index (χ1) is 7.52. The van der Waals surface area contributed by atoms with Crippen molar-refractivity contribution < 1.29 is 20.1 Å². The lowest BCUT2D eigenvalue weighted by atomic mass is 10.1. The molecule has 3 N–H and O–H groups in total. The molecule has 0 saturated carbocycles. The third-order valence-electron chi connectivity index (χ3n) is 2.33. The molecule has 0 aromatic heterocycles. The van der Waals surface area contributed by atoms with Gasteiger partial charge in [0.15, 0.2) is 0 Å². The van der Waals surface area contributed by atoms with Crippen LogP contribution in [0.2, 0.25) is 0 Å². The van der Waals surface area contributed by atoms with E-state index in [1.54, 1.807) is 6.92 Å². The van der Waals surface area contributed by atoms with Gasteiger partial charge in [0, 0.05) is 6.08 Å². The molecule has 0 rings (SSSR count). The van der Waals surface area contributed by atoms with Crippen molar-refractivity contribution >= 4 is 5.97 Å². The number of unbranched alkanes of at least 4 members (excludes halogenated alkanes) is 3. The van der Waals surface area contributed by atoms with Crippen molar-refractivity contribution in [2.75, 3.05) is 0 Å². The number of aliphatic hydroxyl groups is 2. The molecule has 0 spiro atoms. The van der Waals surface area contributed by atoms with Crippen molar-refractivity contribution in [2.24, 2.45) is 0 Å². The van der Waals surface area contributed by atoms with E-state index in [2.05, 4.69) is 0 Å². The first-order valence-corrected chi connectivity index (χ1v) is 5.79. The van der Waals surface area contributed by atoms with Crippen LogP contribution in [0.4, 0.5) is 0 Å². The van der Waals surface area contributed by atoms with Crippen LogP contribution in [0.3, 0.4) is 0 Å². The van der Waals surface area contributed by atoms with Gasteiger partial charge in [-0.1, -0.05) is 25.7 Å². The number of carboxylic acid groups (broad SMARTS) is 1. The summed E-state index contributed by atoms with van der Waals surface area (Å²) in [5.41, 5.74) is 0. The summed E-state index contributed by atoms with van der Waals surface area (Å²) in [6.45, 7) is 1.78. The maximum atomic E-state index is 10.2. The summed E-state index contributed by atoms with van der Waals surface area (Å²) in [5.74, 6) is -1.03. The zero-order valence-corrected chi connectivity index (χ0v) is 9.80. The van der Waals surface area contributed by atoms with Crippen molar-refractivity contribution in [1.29, 1.82) is 0 Å². The number of carbonyl (C=O) groups is 1. The fourth-order valence-electron chi connectivity index (χ4n) is 1.44. The molecule has 0 aliphatic rings. The fourth-order valence-corrected chi connectivity index (χ4v) is 1.44. The van der Waals surface area contributed by atoms with Crippen molar-refractivity contribution in [2.45, 2.75) is 57.7 Å². The van der Waals surface area contributed by atoms with Crippen molar-refractivity contribution in [3.8, 4) is 0 Å². The fraction of sp³-hybridized carbons (Fsp3) is 0.750. The Hall–Kier alpha value is -0.870. The Labute approximate surface area is 96.6 Å². The molecule has 0 fully saturated rings. The van der Waals surface area contributed by atoms with E-state index in [0.29, 0.717) is 6.42 Å². The summed E-state index contributed by atoms with van der Waals surface area (Å²) in [6.07, 6.45) is 6.72. The van der Waals surface area contributed by atoms with Crippen LogP contribution in [-0.2, 0) is 4.79 Å². The Balaban J connectivity index is 3.34. The molecule has 0 aliphatic heterocycles. The van der Waals surface area contributed by atoms with Gasteiger partial charge in [-0.05, 0) is 25.8 Å². The molecule has 0 saturated heterocycles. The van der Waals surface area contributed by atoms with Gasteiger partial charge in [-0.25, -0.2) is 4.79 Å². The molecular formula is C12H22O4. The van der Waals surface area contributed by atoms with Gasteiger partial charge in [-0.2, -0.15) is 0 Å². The van der Waals surface area contributed by atoms with Crippen molar-refractivity contribution in [3.63, 3.8) is 0 Å². The molecule has 94 valence electrons. The van der Waals surface area contributed by atoms with Crippen molar-refractivity contribution in [3.05, 3.63) is 12.2 Å². The minimum atomic E-state index is -1.03. The van der Waals surface area contributed by atoms with Crippen LogP contribution in [0, 0.1) is 0 Å². The Morgan fingerprint density at radius 2 is 1.69 bits per heavy atom. The average Bonchev–Trinajstić information content (AvgIpc) is 2.19. The molecule has 0 bridgehead atoms. The van der Waals surface area contributed by atoms with Crippen LogP contribution in [0.5, 0.6) is 0 Å². The van der Waals surface area contributed by atoms with Crippen LogP contribution >= 0.6 is 0 Å². The lowest BCUT2D eigenvalue weighted by molar-refractivity contribution is -0.131. The van der Waals surface area contributed by atoms with E-state index in [-0.39, 0.29) is 6.10 Å². The maximum Gasteiger partial charge on any atom is 0.328 e. The third-order valence-corrected chi connectivity index (χ3v) is 2.33. The highest BCUT2D eigenvalue weighted by Crippen LogP contribution is 2.09. The number of aliphatic hydroxyl groups excluding tert-OH is 2. The van der Waals surface area contributed by atoms with Crippen LogP contribution in [0.15, 0.2) is 12.2 Å². The zero-order valence-electron chi connectivity index (χ0n) is 9.80. The van der Waals surface area contributed by atoms with Gasteiger partial charge >= 0.3 is 5.97 Å². The Kier molecular flexibility index (Phi) is 8.85. The Morgan fingerprint density at radius 3 is 2.19 bits per heavy atom. The third kappa shape index (κ3) is 11.2. The lowest BCUT2D eigenvalue weighted by Crippen LogP contribution is -2.03. The molecule has 0 unspecified atom stereocenters. The minimum Gasteiger partial charge on any atom is -0.478 e. The Bertz CT molecular complexity index is 211. The molecule has 16 heavy (non-hydrogen) atoms. The van der Waals surface area contributed by atoms with Crippen molar-refractivity contribution in [1.82, 2.24) is 0 Å². The lowest BCUT2D eigenvalue weighted by Gasteiger charge is -2.06. The zero-order chi connectivity index (χ0) is 12.4. The summed E-state index contributed by atoms with van der Waals surface area (Å²) in [6, 6.07) is 0. The molecule has 0 amide bonds. The van der Waals surface area contributed by atoms with Gasteiger partial charge in [0.25, 0.3) is 0 Å². The molecule has 0 aliphatic carbocycles. The Morgan fingerprint density at radius 1 is 1.12 bits per heavy atom. The summed E-state index contributed by atoms with van der Waals surface area (Å²) in [7, 11) is 0. The molecule has 4 heteroatoms. The van der Waals surface area contributed by atoms with E-state index >= 15 is 0 Å². The highest BCUT2D eigenvalue weighted by atomic mass is 16.4. The normalized spacial score (nSPS) is 15.2. The van der Waals surface area contributed by atoms with Crippen LogP contribution in [-0.4, -0.2) is 33.5 Å². The number of aliphatic carboxylic acids is 1. The minimum absolute atomic E-state index is 0.232. The van der Waals surface area contributed by atoms with Gasteiger partial charge in [0.05, 0.1) is 12.2 Å². The molecule has 0 aromatic rings. The highest BCUT2D eigenvalue weighted by Gasteiger charge is 2.00. The van der Waals surface area contributed by atoms with Gasteiger partial charge in [0.1, 0.15) is 0 Å². The maximum absolute atomic E-state index is 10.2. The molecule has 0 aromatic carbocycles. The van der Waals surface area contributed by atoms with Crippen LogP contribution in [0.25, 0.3) is 0 Å². The second-order valence-electron chi connectivity index (χ2n) is 4.11. The van der Waals surface area contributed by atoms with E-state index in [9.17, 15) is 9.90 Å². The first kappa shape index (κ1) is 15.1. The highest BCUT2D eigenvalue weighted by molar-refractivity contribution is 5.79. The summed E-state index contributed by atoms with van der Waals surface area (Å²) in [4.78, 5) is 10.2. The van der Waals surface area contributed by atoms with Crippen LogP contribution in [0.1, 0.15) is 45.4 Å². The standard InChI is InChI=1S/C12H22O4/c1-10(13)6-4-2-3-5-7-11(14)8-9-12(15)16/h8-11,13-14H,2-7H2,1H3,(H,15,16)/b9-8+/t10-,11+/m0/s1. The van der Waals surface area contributed by atoms with E-state index in [1.807, 2.05) is 0 Å². The first-order valence-electron chi connectivity index (χ1n) is 5.79. The SMILES string of the molecule is C[C@H](O)CCCCCC[C@@H](O)/C=C/C(=O)O. The van der Waals surface area contributed by atoms with Gasteiger partial charge in [-0.15, -0.1) is 0 Å². The van der Waals surface area contributed by atoms with E-state index in [1.165, 1.54) is 6.08 Å². The number of rotatable bonds is 9. The van der Waals surface area contributed by atoms with E-state index in [4.69, 9.17) is 10.2 Å². The summed E-state index contributed by atoms with van der Waals surface area (Å²) >= 11 is 0. The average molecular weight is 230 g/mol. The van der Waals surface area contributed by atoms with E-state index in [0.717, 1.165) is 38.2 Å². The molecular weight excluding hydrogens is 208 g/mol. The smallest absolute Gasteiger partial charge is 0.328 e. The largest absolute Gasteiger partial charge is 0.478 e. The molecule has 2 atom stereocenters. The number of hydrogen-bond acceptors (Lipinski definition) is 3. The molecule has 0 radical (unpaired) electrons. The summed E-state index contributed by atoms with van der Waals surface area (Å²) in [5, 5.41) is 26.7. The number of carboxylic acids is 1. The molecule has 4 nitrogen and oxygen atoms in total. The van der Waals surface area contributed by atoms with Gasteiger partial charge in [-0.3, -0.25) is 0 Å². The molecule has 0 heterocycles. The number of hydrogen-bond donors (Lipinski definition) is 3. The van der Waals surface area contributed by atoms with Gasteiger partial charge < -0.3 is 15.3 Å².